The van der Waals surface area contributed by atoms with Crippen LogP contribution in [-0.4, -0.2) is 30.8 Å². The van der Waals surface area contributed by atoms with E-state index in [1.54, 1.807) is 17.1 Å². The van der Waals surface area contributed by atoms with Crippen LogP contribution in [0.1, 0.15) is 67.7 Å². The molecule has 0 unspecified atom stereocenters. The van der Waals surface area contributed by atoms with Crippen molar-refractivity contribution >= 4 is 39.9 Å². The number of pyridine rings is 1. The number of anilines is 4. The van der Waals surface area contributed by atoms with Crippen molar-refractivity contribution in [3.8, 4) is 11.4 Å². The standard InChI is InChI=1S/C39H40N8O2/c1-24-10-14-28(15-11-24)47-36(21-33(46-47)39(3,4)5)45-38(48)42-31-16-17-32(30-9-7-6-8-29(30)31)49-23-26-18-19-40-34(20-26)43-35-22-41-25(2)37(44-35)27-12-13-27/h6-11,14-22,27H,12-13,23H2,1-5H3,(H,40,43,44)(H2,42,45,48). The fourth-order valence-electron chi connectivity index (χ4n) is 5.69. The van der Waals surface area contributed by atoms with Gasteiger partial charge in [0.15, 0.2) is 0 Å². The monoisotopic (exact) mass is 652 g/mol. The Morgan fingerprint density at radius 2 is 1.67 bits per heavy atom. The third kappa shape index (κ3) is 7.23. The van der Waals surface area contributed by atoms with Crippen LogP contribution in [-0.2, 0) is 12.0 Å². The Balaban J connectivity index is 1.06. The first kappa shape index (κ1) is 31.8. The fourth-order valence-corrected chi connectivity index (χ4v) is 5.69. The van der Waals surface area contributed by atoms with E-state index in [1.165, 1.54) is 12.8 Å². The summed E-state index contributed by atoms with van der Waals surface area (Å²) in [5.41, 5.74) is 6.36. The first-order chi connectivity index (χ1) is 23.6. The number of aromatic nitrogens is 5. The number of aryl methyl sites for hydroxylation is 2. The normalized spacial score (nSPS) is 12.9. The predicted octanol–water partition coefficient (Wildman–Crippen LogP) is 8.97. The Kier molecular flexibility index (Phi) is 8.46. The van der Waals surface area contributed by atoms with Gasteiger partial charge in [0.1, 0.15) is 29.8 Å². The van der Waals surface area contributed by atoms with E-state index in [2.05, 4.69) is 46.7 Å². The third-order valence-electron chi connectivity index (χ3n) is 8.56. The molecule has 2 amide bonds. The van der Waals surface area contributed by atoms with Crippen LogP contribution in [0.3, 0.4) is 0 Å². The molecule has 6 aromatic rings. The van der Waals surface area contributed by atoms with Crippen LogP contribution >= 0.6 is 0 Å². The molecule has 1 aliphatic carbocycles. The maximum Gasteiger partial charge on any atom is 0.324 e. The Morgan fingerprint density at radius 1 is 0.898 bits per heavy atom. The summed E-state index contributed by atoms with van der Waals surface area (Å²) < 4.78 is 8.10. The Labute approximate surface area is 286 Å². The zero-order valence-electron chi connectivity index (χ0n) is 28.4. The maximum absolute atomic E-state index is 13.4. The van der Waals surface area contributed by atoms with Crippen molar-refractivity contribution < 1.29 is 9.53 Å². The van der Waals surface area contributed by atoms with Gasteiger partial charge in [0.05, 0.1) is 34.7 Å². The number of ether oxygens (including phenoxy) is 1. The highest BCUT2D eigenvalue weighted by atomic mass is 16.5. The van der Waals surface area contributed by atoms with Crippen LogP contribution < -0.4 is 20.7 Å². The second-order valence-electron chi connectivity index (χ2n) is 13.6. The number of hydrogen-bond acceptors (Lipinski definition) is 7. The van der Waals surface area contributed by atoms with Crippen molar-refractivity contribution in [2.45, 2.75) is 65.4 Å². The molecule has 0 saturated heterocycles. The van der Waals surface area contributed by atoms with Crippen LogP contribution in [0.4, 0.5) is 27.9 Å². The lowest BCUT2D eigenvalue weighted by atomic mass is 9.92. The van der Waals surface area contributed by atoms with E-state index in [0.717, 1.165) is 44.7 Å². The smallest absolute Gasteiger partial charge is 0.324 e. The van der Waals surface area contributed by atoms with Gasteiger partial charge < -0.3 is 15.4 Å². The van der Waals surface area contributed by atoms with Gasteiger partial charge in [-0.25, -0.2) is 19.4 Å². The van der Waals surface area contributed by atoms with Gasteiger partial charge in [0.2, 0.25) is 0 Å². The summed E-state index contributed by atoms with van der Waals surface area (Å²) in [6.07, 6.45) is 5.84. The number of fused-ring (bicyclic) bond motifs is 1. The molecule has 0 spiro atoms. The molecular formula is C39H40N8O2. The van der Waals surface area contributed by atoms with Gasteiger partial charge in [-0.2, -0.15) is 5.10 Å². The van der Waals surface area contributed by atoms with Crippen molar-refractivity contribution in [1.29, 1.82) is 0 Å². The van der Waals surface area contributed by atoms with Gasteiger partial charge in [-0.1, -0.05) is 62.7 Å². The molecule has 1 fully saturated rings. The molecule has 0 bridgehead atoms. The van der Waals surface area contributed by atoms with Gasteiger partial charge in [-0.3, -0.25) is 10.3 Å². The number of benzene rings is 3. The second kappa shape index (κ2) is 13.0. The molecule has 1 aliphatic rings. The number of carbonyl (C=O) groups is 1. The van der Waals surface area contributed by atoms with Crippen molar-refractivity contribution in [2.75, 3.05) is 16.0 Å². The van der Waals surface area contributed by atoms with Gasteiger partial charge >= 0.3 is 6.03 Å². The quantitative estimate of drug-likeness (QED) is 0.143. The zero-order valence-corrected chi connectivity index (χ0v) is 28.4. The molecule has 10 nitrogen and oxygen atoms in total. The minimum absolute atomic E-state index is 0.196. The fraction of sp³-hybridized carbons (Fsp3) is 0.256. The summed E-state index contributed by atoms with van der Waals surface area (Å²) in [4.78, 5) is 27.2. The molecule has 0 atom stereocenters. The van der Waals surface area contributed by atoms with Crippen LogP contribution in [0.15, 0.2) is 91.3 Å². The molecular weight excluding hydrogens is 612 g/mol. The molecule has 0 aliphatic heterocycles. The van der Waals surface area contributed by atoms with Gasteiger partial charge in [0.25, 0.3) is 0 Å². The van der Waals surface area contributed by atoms with E-state index in [-0.39, 0.29) is 11.4 Å². The number of carbonyl (C=O) groups excluding carboxylic acids is 1. The molecule has 3 aromatic heterocycles. The highest BCUT2D eigenvalue weighted by molar-refractivity contribution is 6.07. The second-order valence-corrected chi connectivity index (χ2v) is 13.6. The van der Waals surface area contributed by atoms with E-state index in [4.69, 9.17) is 14.8 Å². The summed E-state index contributed by atoms with van der Waals surface area (Å²) in [6, 6.07) is 25.1. The number of urea groups is 1. The number of hydrogen-bond donors (Lipinski definition) is 3. The molecule has 248 valence electrons. The lowest BCUT2D eigenvalue weighted by Gasteiger charge is -2.15. The van der Waals surface area contributed by atoms with Gasteiger partial charge in [-0.15, -0.1) is 0 Å². The average molecular weight is 653 g/mol. The van der Waals surface area contributed by atoms with E-state index in [9.17, 15) is 4.79 Å². The van der Waals surface area contributed by atoms with Crippen molar-refractivity contribution in [3.05, 3.63) is 119 Å². The highest BCUT2D eigenvalue weighted by Crippen LogP contribution is 2.40. The molecule has 49 heavy (non-hydrogen) atoms. The van der Waals surface area contributed by atoms with Crippen molar-refractivity contribution in [3.63, 3.8) is 0 Å². The summed E-state index contributed by atoms with van der Waals surface area (Å²) in [5, 5.41) is 15.9. The van der Waals surface area contributed by atoms with Crippen LogP contribution in [0.25, 0.3) is 16.5 Å². The molecule has 3 aromatic carbocycles. The summed E-state index contributed by atoms with van der Waals surface area (Å²) >= 11 is 0. The molecule has 0 radical (unpaired) electrons. The number of rotatable bonds is 9. The molecule has 10 heteroatoms. The molecule has 7 rings (SSSR count). The van der Waals surface area contributed by atoms with Crippen molar-refractivity contribution in [1.82, 2.24) is 24.7 Å². The maximum atomic E-state index is 13.4. The largest absolute Gasteiger partial charge is 0.488 e. The van der Waals surface area contributed by atoms with E-state index >= 15 is 0 Å². The van der Waals surface area contributed by atoms with Crippen LogP contribution in [0.5, 0.6) is 5.75 Å². The summed E-state index contributed by atoms with van der Waals surface area (Å²) in [5.74, 6) is 3.17. The number of nitrogens with one attached hydrogen (secondary N) is 3. The minimum atomic E-state index is -0.369. The molecule has 3 heterocycles. The van der Waals surface area contributed by atoms with Crippen LogP contribution in [0, 0.1) is 13.8 Å². The highest BCUT2D eigenvalue weighted by Gasteiger charge is 2.27. The summed E-state index contributed by atoms with van der Waals surface area (Å²) in [6.45, 7) is 10.7. The third-order valence-corrected chi connectivity index (χ3v) is 8.56. The van der Waals surface area contributed by atoms with Gasteiger partial charge in [-0.05, 0) is 68.7 Å². The first-order valence-corrected chi connectivity index (χ1v) is 16.6. The van der Waals surface area contributed by atoms with E-state index < -0.39 is 0 Å². The minimum Gasteiger partial charge on any atom is -0.488 e. The van der Waals surface area contributed by atoms with Crippen molar-refractivity contribution in [2.24, 2.45) is 0 Å². The Morgan fingerprint density at radius 3 is 2.43 bits per heavy atom. The van der Waals surface area contributed by atoms with E-state index in [0.29, 0.717) is 41.4 Å². The lowest BCUT2D eigenvalue weighted by Crippen LogP contribution is -2.21. The number of nitrogens with zero attached hydrogens (tertiary/aromatic N) is 5. The summed E-state index contributed by atoms with van der Waals surface area (Å²) in [7, 11) is 0. The number of amides is 2. The Bertz CT molecular complexity index is 2150. The Hall–Kier alpha value is -5.77. The average Bonchev–Trinajstić information content (AvgIpc) is 3.84. The van der Waals surface area contributed by atoms with Gasteiger partial charge in [0, 0.05) is 34.4 Å². The van der Waals surface area contributed by atoms with Crippen LogP contribution in [0.2, 0.25) is 0 Å². The first-order valence-electron chi connectivity index (χ1n) is 16.6. The molecule has 3 N–H and O–H groups in total. The SMILES string of the molecule is Cc1ccc(-n2nc(C(C)(C)C)cc2NC(=O)Nc2ccc(OCc3ccnc(Nc4cnc(C)c(C5CC5)n4)c3)c3ccccc23)cc1. The molecule has 1 saturated carbocycles. The zero-order chi connectivity index (χ0) is 34.1. The van der Waals surface area contributed by atoms with E-state index in [1.807, 2.05) is 92.7 Å². The predicted molar refractivity (Wildman–Crippen MR) is 194 cm³/mol. The topological polar surface area (TPSA) is 119 Å². The lowest BCUT2D eigenvalue weighted by molar-refractivity contribution is 0.262.